The van der Waals surface area contributed by atoms with Crippen molar-refractivity contribution in [3.63, 3.8) is 0 Å². The summed E-state index contributed by atoms with van der Waals surface area (Å²) in [6, 6.07) is 0. The fourth-order valence-electron chi connectivity index (χ4n) is 2.65. The second kappa shape index (κ2) is 8.09. The summed E-state index contributed by atoms with van der Waals surface area (Å²) in [6.07, 6.45) is 2.57. The number of hydrogen-bond acceptors (Lipinski definition) is 8. The van der Waals surface area contributed by atoms with Crippen LogP contribution in [0, 0.1) is 0 Å². The number of thioether (sulfide) groups is 1. The molecular weight excluding hydrogens is 348 g/mol. The Morgan fingerprint density at radius 2 is 2.29 bits per heavy atom. The first-order chi connectivity index (χ1) is 11.6. The van der Waals surface area contributed by atoms with Crippen molar-refractivity contribution in [2.24, 2.45) is 4.99 Å². The summed E-state index contributed by atoms with van der Waals surface area (Å²) in [4.78, 5) is 34.5. The number of aliphatic imine (C=N–C) groups is 1. The van der Waals surface area contributed by atoms with E-state index < -0.39 is 0 Å². The highest BCUT2D eigenvalue weighted by Crippen LogP contribution is 2.26. The zero-order valence-corrected chi connectivity index (χ0v) is 15.1. The van der Waals surface area contributed by atoms with E-state index in [4.69, 9.17) is 4.74 Å². The maximum atomic E-state index is 12.1. The van der Waals surface area contributed by atoms with Crippen molar-refractivity contribution in [1.29, 1.82) is 0 Å². The standard InChI is InChI=1S/C15H20N4O3S2/c1-2-22-12(20)7-10-9-23-14(16-10)18-15-17-13(21)11(24-15)8-19-5-3-4-6-19/h9,11H,2-8H2,1H3,(H,16,17,18,21). The number of nitrogens with zero attached hydrogens (tertiary/aromatic N) is 3. The molecule has 0 spiro atoms. The number of carbonyl (C=O) groups excluding carboxylic acids is 2. The average molecular weight is 368 g/mol. The molecule has 0 saturated carbocycles. The predicted molar refractivity (Wildman–Crippen MR) is 94.7 cm³/mol. The predicted octanol–water partition coefficient (Wildman–Crippen LogP) is 1.56. The highest BCUT2D eigenvalue weighted by molar-refractivity contribution is 8.15. The number of rotatable bonds is 6. The molecule has 3 rings (SSSR count). The SMILES string of the molecule is CCOC(=O)Cc1csc(/N=C2\NC(=O)C(CN3CCCC3)S2)n1. The Labute approximate surface area is 148 Å². The molecule has 1 N–H and O–H groups in total. The van der Waals surface area contributed by atoms with E-state index in [1.165, 1.54) is 35.9 Å². The molecule has 1 aromatic rings. The van der Waals surface area contributed by atoms with Crippen LogP contribution in [0.25, 0.3) is 0 Å². The number of aromatic nitrogens is 1. The molecule has 1 aromatic heterocycles. The Morgan fingerprint density at radius 1 is 1.50 bits per heavy atom. The molecule has 2 aliphatic rings. The maximum absolute atomic E-state index is 12.1. The van der Waals surface area contributed by atoms with Crippen molar-refractivity contribution in [3.05, 3.63) is 11.1 Å². The molecule has 7 nitrogen and oxygen atoms in total. The molecule has 1 unspecified atom stereocenters. The summed E-state index contributed by atoms with van der Waals surface area (Å²) in [7, 11) is 0. The van der Waals surface area contributed by atoms with Gasteiger partial charge in [-0.2, -0.15) is 4.99 Å². The van der Waals surface area contributed by atoms with Gasteiger partial charge in [0.25, 0.3) is 0 Å². The summed E-state index contributed by atoms with van der Waals surface area (Å²) in [5.74, 6) is -0.287. The van der Waals surface area contributed by atoms with E-state index in [0.717, 1.165) is 19.6 Å². The van der Waals surface area contributed by atoms with Crippen LogP contribution in [0.5, 0.6) is 0 Å². The first-order valence-corrected chi connectivity index (χ1v) is 9.78. The number of amidine groups is 1. The molecule has 0 radical (unpaired) electrons. The highest BCUT2D eigenvalue weighted by Gasteiger charge is 2.32. The third-order valence-electron chi connectivity index (χ3n) is 3.77. The molecule has 1 atom stereocenters. The smallest absolute Gasteiger partial charge is 0.311 e. The van der Waals surface area contributed by atoms with Crippen LogP contribution < -0.4 is 5.32 Å². The number of hydrogen-bond donors (Lipinski definition) is 1. The molecule has 130 valence electrons. The van der Waals surface area contributed by atoms with Crippen LogP contribution in [-0.4, -0.2) is 58.4 Å². The van der Waals surface area contributed by atoms with Crippen LogP contribution in [0.15, 0.2) is 10.4 Å². The van der Waals surface area contributed by atoms with E-state index in [-0.39, 0.29) is 23.5 Å². The lowest BCUT2D eigenvalue weighted by Gasteiger charge is -2.16. The summed E-state index contributed by atoms with van der Waals surface area (Å²) >= 11 is 2.80. The lowest BCUT2D eigenvalue weighted by molar-refractivity contribution is -0.142. The molecule has 9 heteroatoms. The first kappa shape index (κ1) is 17.4. The van der Waals surface area contributed by atoms with Crippen LogP contribution in [0.2, 0.25) is 0 Å². The fraction of sp³-hybridized carbons (Fsp3) is 0.600. The number of amides is 1. The van der Waals surface area contributed by atoms with Crippen molar-refractivity contribution >= 4 is 45.3 Å². The largest absolute Gasteiger partial charge is 0.466 e. The number of ether oxygens (including phenoxy) is 1. The number of esters is 1. The average Bonchev–Trinajstić information content (AvgIpc) is 3.24. The lowest BCUT2D eigenvalue weighted by atomic mass is 10.3. The van der Waals surface area contributed by atoms with Crippen LogP contribution in [0.4, 0.5) is 5.13 Å². The molecule has 24 heavy (non-hydrogen) atoms. The number of likely N-dealkylation sites (tertiary alicyclic amines) is 1. The minimum absolute atomic E-state index is 0.00829. The Bertz CT molecular complexity index is 640. The topological polar surface area (TPSA) is 83.9 Å². The van der Waals surface area contributed by atoms with E-state index in [1.807, 2.05) is 0 Å². The molecule has 2 saturated heterocycles. The second-order valence-electron chi connectivity index (χ2n) is 5.62. The first-order valence-electron chi connectivity index (χ1n) is 8.02. The summed E-state index contributed by atoms with van der Waals surface area (Å²) in [5, 5.41) is 5.63. The molecule has 1 amide bonds. The van der Waals surface area contributed by atoms with E-state index in [9.17, 15) is 9.59 Å². The molecule has 0 aliphatic carbocycles. The third-order valence-corrected chi connectivity index (χ3v) is 5.61. The Balaban J connectivity index is 1.57. The van der Waals surface area contributed by atoms with Gasteiger partial charge >= 0.3 is 5.97 Å². The van der Waals surface area contributed by atoms with Crippen molar-refractivity contribution in [1.82, 2.24) is 15.2 Å². The van der Waals surface area contributed by atoms with Gasteiger partial charge in [0.15, 0.2) is 5.17 Å². The van der Waals surface area contributed by atoms with Gasteiger partial charge in [0, 0.05) is 11.9 Å². The number of nitrogens with one attached hydrogen (secondary N) is 1. The molecule has 0 aromatic carbocycles. The van der Waals surface area contributed by atoms with Gasteiger partial charge in [-0.05, 0) is 32.9 Å². The van der Waals surface area contributed by atoms with E-state index >= 15 is 0 Å². The van der Waals surface area contributed by atoms with Gasteiger partial charge in [-0.1, -0.05) is 11.8 Å². The lowest BCUT2D eigenvalue weighted by Crippen LogP contribution is -2.34. The third kappa shape index (κ3) is 4.55. The minimum Gasteiger partial charge on any atom is -0.466 e. The molecule has 0 bridgehead atoms. The van der Waals surface area contributed by atoms with Gasteiger partial charge in [-0.15, -0.1) is 11.3 Å². The van der Waals surface area contributed by atoms with Gasteiger partial charge < -0.3 is 15.0 Å². The van der Waals surface area contributed by atoms with Gasteiger partial charge in [-0.25, -0.2) is 4.98 Å². The van der Waals surface area contributed by atoms with Crippen LogP contribution in [0.3, 0.4) is 0 Å². The summed E-state index contributed by atoms with van der Waals surface area (Å²) in [6.45, 7) is 5.04. The van der Waals surface area contributed by atoms with Crippen molar-refractivity contribution in [2.45, 2.75) is 31.4 Å². The van der Waals surface area contributed by atoms with Crippen molar-refractivity contribution in [2.75, 3.05) is 26.2 Å². The molecular formula is C15H20N4O3S2. The number of carbonyl (C=O) groups is 2. The quantitative estimate of drug-likeness (QED) is 0.767. The monoisotopic (exact) mass is 368 g/mol. The van der Waals surface area contributed by atoms with Gasteiger partial charge in [0.1, 0.15) is 5.25 Å². The normalized spacial score (nSPS) is 23.0. The van der Waals surface area contributed by atoms with E-state index in [0.29, 0.717) is 22.6 Å². The summed E-state index contributed by atoms with van der Waals surface area (Å²) in [5.41, 5.74) is 0.640. The van der Waals surface area contributed by atoms with Gasteiger partial charge in [0.2, 0.25) is 11.0 Å². The zero-order valence-electron chi connectivity index (χ0n) is 13.5. The summed E-state index contributed by atoms with van der Waals surface area (Å²) < 4.78 is 4.90. The van der Waals surface area contributed by atoms with Crippen LogP contribution >= 0.6 is 23.1 Å². The Hall–Kier alpha value is -1.45. The fourth-order valence-corrected chi connectivity index (χ4v) is 4.42. The van der Waals surface area contributed by atoms with Gasteiger partial charge in [-0.3, -0.25) is 9.59 Å². The Kier molecular flexibility index (Phi) is 5.85. The van der Waals surface area contributed by atoms with E-state index in [1.54, 1.807) is 12.3 Å². The molecule has 2 aliphatic heterocycles. The zero-order chi connectivity index (χ0) is 16.9. The molecule has 2 fully saturated rings. The maximum Gasteiger partial charge on any atom is 0.311 e. The van der Waals surface area contributed by atoms with E-state index in [2.05, 4.69) is 20.2 Å². The van der Waals surface area contributed by atoms with Crippen LogP contribution in [0.1, 0.15) is 25.5 Å². The highest BCUT2D eigenvalue weighted by atomic mass is 32.2. The second-order valence-corrected chi connectivity index (χ2v) is 7.65. The van der Waals surface area contributed by atoms with Crippen molar-refractivity contribution in [3.8, 4) is 0 Å². The van der Waals surface area contributed by atoms with Crippen molar-refractivity contribution < 1.29 is 14.3 Å². The van der Waals surface area contributed by atoms with Gasteiger partial charge in [0.05, 0.1) is 18.7 Å². The number of thiazole rings is 1. The van der Waals surface area contributed by atoms with Crippen LogP contribution in [-0.2, 0) is 20.7 Å². The Morgan fingerprint density at radius 3 is 3.04 bits per heavy atom. The molecule has 3 heterocycles. The minimum atomic E-state index is -0.295.